The molecule has 0 aliphatic heterocycles. The molecule has 7 heteroatoms. The lowest BCUT2D eigenvalue weighted by atomic mass is 9.95. The molecule has 0 heterocycles. The van der Waals surface area contributed by atoms with E-state index in [9.17, 15) is 14.7 Å². The van der Waals surface area contributed by atoms with Crippen molar-refractivity contribution in [1.82, 2.24) is 0 Å². The van der Waals surface area contributed by atoms with Crippen molar-refractivity contribution in [3.05, 3.63) is 47.0 Å². The SMILES string of the molecule is CCCCCCCCCCc1ccc(C(=O)C(OC)C(=O)c2cc(OC)c(OC)cc2OC)c(O)c1. The lowest BCUT2D eigenvalue weighted by Gasteiger charge is -2.18. The fourth-order valence-corrected chi connectivity index (χ4v) is 4.24. The number of ketones is 2. The van der Waals surface area contributed by atoms with Gasteiger partial charge in [-0.1, -0.05) is 57.9 Å². The normalized spacial score (nSPS) is 11.7. The maximum atomic E-state index is 13.3. The smallest absolute Gasteiger partial charge is 0.203 e. The molecule has 0 saturated carbocycles. The molecule has 2 aromatic carbocycles. The maximum Gasteiger partial charge on any atom is 0.203 e. The van der Waals surface area contributed by atoms with Gasteiger partial charge in [-0.25, -0.2) is 0 Å². The van der Waals surface area contributed by atoms with Crippen LogP contribution < -0.4 is 14.2 Å². The summed E-state index contributed by atoms with van der Waals surface area (Å²) in [5.41, 5.74) is 1.10. The second-order valence-electron chi connectivity index (χ2n) is 8.83. The van der Waals surface area contributed by atoms with Crippen molar-refractivity contribution in [3.63, 3.8) is 0 Å². The van der Waals surface area contributed by atoms with Gasteiger partial charge in [-0.15, -0.1) is 0 Å². The predicted octanol–water partition coefficient (Wildman–Crippen LogP) is 6.18. The molecule has 198 valence electrons. The summed E-state index contributed by atoms with van der Waals surface area (Å²) in [6, 6.07) is 7.95. The Morgan fingerprint density at radius 2 is 1.28 bits per heavy atom. The summed E-state index contributed by atoms with van der Waals surface area (Å²) in [5, 5.41) is 10.6. The second kappa shape index (κ2) is 15.1. The number of carbonyl (C=O) groups excluding carboxylic acids is 2. The molecule has 0 aromatic heterocycles. The predicted molar refractivity (Wildman–Crippen MR) is 140 cm³/mol. The Morgan fingerprint density at radius 3 is 1.83 bits per heavy atom. The Labute approximate surface area is 214 Å². The summed E-state index contributed by atoms with van der Waals surface area (Å²) in [7, 11) is 5.62. The van der Waals surface area contributed by atoms with Crippen LogP contribution in [0.2, 0.25) is 0 Å². The summed E-state index contributed by atoms with van der Waals surface area (Å²) in [4.78, 5) is 26.5. The van der Waals surface area contributed by atoms with E-state index in [1.54, 1.807) is 12.1 Å². The zero-order valence-corrected chi connectivity index (χ0v) is 22.2. The molecule has 0 amide bonds. The number of methoxy groups -OCH3 is 4. The number of carbonyl (C=O) groups is 2. The number of aromatic hydroxyl groups is 1. The topological polar surface area (TPSA) is 91.3 Å². The number of phenolic OH excluding ortho intramolecular Hbond substituents is 1. The van der Waals surface area contributed by atoms with Gasteiger partial charge >= 0.3 is 0 Å². The van der Waals surface area contributed by atoms with E-state index in [1.165, 1.54) is 79.1 Å². The van der Waals surface area contributed by atoms with E-state index in [0.29, 0.717) is 11.5 Å². The van der Waals surface area contributed by atoms with E-state index in [2.05, 4.69) is 6.92 Å². The van der Waals surface area contributed by atoms with Crippen molar-refractivity contribution < 1.29 is 33.6 Å². The van der Waals surface area contributed by atoms with E-state index in [-0.39, 0.29) is 22.6 Å². The lowest BCUT2D eigenvalue weighted by molar-refractivity contribution is 0.0510. The second-order valence-corrected chi connectivity index (χ2v) is 8.83. The highest BCUT2D eigenvalue weighted by Gasteiger charge is 2.32. The molecule has 7 nitrogen and oxygen atoms in total. The maximum absolute atomic E-state index is 13.3. The minimum Gasteiger partial charge on any atom is -0.507 e. The standard InChI is InChI=1S/C29H40O7/c1-6-7-8-9-10-11-12-13-14-20-15-16-21(23(30)17-20)27(31)29(36-5)28(32)22-18-25(34-3)26(35-4)19-24(22)33-2/h15-19,29-30H,6-14H2,1-5H3. The zero-order chi connectivity index (χ0) is 26.5. The van der Waals surface area contributed by atoms with Crippen LogP contribution in [0.1, 0.15) is 84.6 Å². The van der Waals surface area contributed by atoms with Crippen molar-refractivity contribution in [1.29, 1.82) is 0 Å². The van der Waals surface area contributed by atoms with Gasteiger partial charge in [-0.05, 0) is 36.6 Å². The quantitative estimate of drug-likeness (QED) is 0.157. The van der Waals surface area contributed by atoms with Gasteiger partial charge in [-0.3, -0.25) is 9.59 Å². The van der Waals surface area contributed by atoms with Crippen molar-refractivity contribution in [3.8, 4) is 23.0 Å². The third-order valence-electron chi connectivity index (χ3n) is 6.33. The van der Waals surface area contributed by atoms with Crippen LogP contribution in [0, 0.1) is 0 Å². The molecule has 0 spiro atoms. The molecule has 0 radical (unpaired) electrons. The molecule has 2 rings (SSSR count). The van der Waals surface area contributed by atoms with Crippen LogP contribution in [-0.2, 0) is 11.2 Å². The molecule has 2 aromatic rings. The van der Waals surface area contributed by atoms with Gasteiger partial charge in [0.1, 0.15) is 11.5 Å². The Morgan fingerprint density at radius 1 is 0.722 bits per heavy atom. The summed E-state index contributed by atoms with van der Waals surface area (Å²) < 4.78 is 21.2. The molecule has 0 saturated heterocycles. The number of benzene rings is 2. The third kappa shape index (κ3) is 7.72. The molecule has 1 unspecified atom stereocenters. The van der Waals surface area contributed by atoms with Crippen molar-refractivity contribution in [2.45, 2.75) is 70.8 Å². The highest BCUT2D eigenvalue weighted by atomic mass is 16.5. The molecule has 0 bridgehead atoms. The molecule has 36 heavy (non-hydrogen) atoms. The molecule has 1 atom stereocenters. The fourth-order valence-electron chi connectivity index (χ4n) is 4.24. The Hall–Kier alpha value is -3.06. The highest BCUT2D eigenvalue weighted by Crippen LogP contribution is 2.36. The number of hydrogen-bond donors (Lipinski definition) is 1. The number of Topliss-reactive ketones (excluding diaryl/α,β-unsaturated/α-hetero) is 2. The van der Waals surface area contributed by atoms with Crippen LogP contribution in [0.4, 0.5) is 0 Å². The fraction of sp³-hybridized carbons (Fsp3) is 0.517. The number of unbranched alkanes of at least 4 members (excludes halogenated alkanes) is 7. The van der Waals surface area contributed by atoms with Gasteiger partial charge in [0.2, 0.25) is 11.6 Å². The summed E-state index contributed by atoms with van der Waals surface area (Å²) in [6.07, 6.45) is 9.17. The van der Waals surface area contributed by atoms with Gasteiger partial charge < -0.3 is 24.1 Å². The lowest BCUT2D eigenvalue weighted by Crippen LogP contribution is -2.32. The number of hydrogen-bond acceptors (Lipinski definition) is 7. The number of aryl methyl sites for hydroxylation is 1. The number of ether oxygens (including phenoxy) is 4. The summed E-state index contributed by atoms with van der Waals surface area (Å²) in [6.45, 7) is 2.22. The Kier molecular flexibility index (Phi) is 12.3. The third-order valence-corrected chi connectivity index (χ3v) is 6.33. The van der Waals surface area contributed by atoms with Crippen LogP contribution >= 0.6 is 0 Å². The summed E-state index contributed by atoms with van der Waals surface area (Å²) >= 11 is 0. The van der Waals surface area contributed by atoms with Crippen molar-refractivity contribution in [2.75, 3.05) is 28.4 Å². The average Bonchev–Trinajstić information content (AvgIpc) is 2.89. The highest BCUT2D eigenvalue weighted by molar-refractivity contribution is 6.20. The first-order valence-electron chi connectivity index (χ1n) is 12.6. The molecular weight excluding hydrogens is 460 g/mol. The van der Waals surface area contributed by atoms with E-state index in [0.717, 1.165) is 24.8 Å². The van der Waals surface area contributed by atoms with E-state index in [1.807, 2.05) is 6.07 Å². The van der Waals surface area contributed by atoms with Gasteiger partial charge in [0.15, 0.2) is 17.6 Å². The largest absolute Gasteiger partial charge is 0.507 e. The molecule has 0 fully saturated rings. The van der Waals surface area contributed by atoms with Crippen LogP contribution in [-0.4, -0.2) is 51.2 Å². The molecule has 0 aliphatic carbocycles. The van der Waals surface area contributed by atoms with E-state index < -0.39 is 17.7 Å². The zero-order valence-electron chi connectivity index (χ0n) is 22.2. The molecule has 0 aliphatic rings. The average molecular weight is 501 g/mol. The van der Waals surface area contributed by atoms with Gasteiger partial charge in [0.05, 0.1) is 32.5 Å². The van der Waals surface area contributed by atoms with Crippen molar-refractivity contribution in [2.24, 2.45) is 0 Å². The first kappa shape index (κ1) is 29.2. The number of rotatable bonds is 17. The summed E-state index contributed by atoms with van der Waals surface area (Å²) in [5.74, 6) is -0.477. The Bertz CT molecular complexity index is 999. The van der Waals surface area contributed by atoms with E-state index in [4.69, 9.17) is 18.9 Å². The Balaban J connectivity index is 2.09. The van der Waals surface area contributed by atoms with Gasteiger partial charge in [0.25, 0.3) is 0 Å². The van der Waals surface area contributed by atoms with Gasteiger partial charge in [0, 0.05) is 13.2 Å². The van der Waals surface area contributed by atoms with Crippen LogP contribution in [0.3, 0.4) is 0 Å². The minimum absolute atomic E-state index is 0.0364. The number of phenols is 1. The first-order chi connectivity index (χ1) is 17.4. The van der Waals surface area contributed by atoms with Crippen molar-refractivity contribution >= 4 is 11.6 Å². The van der Waals surface area contributed by atoms with E-state index >= 15 is 0 Å². The van der Waals surface area contributed by atoms with Crippen LogP contribution in [0.15, 0.2) is 30.3 Å². The van der Waals surface area contributed by atoms with Crippen LogP contribution in [0.25, 0.3) is 0 Å². The molecular formula is C29H40O7. The first-order valence-corrected chi connectivity index (χ1v) is 12.6. The monoisotopic (exact) mass is 500 g/mol. The van der Waals surface area contributed by atoms with Crippen LogP contribution in [0.5, 0.6) is 23.0 Å². The minimum atomic E-state index is -1.46. The van der Waals surface area contributed by atoms with Gasteiger partial charge in [-0.2, -0.15) is 0 Å². The molecule has 1 N–H and O–H groups in total.